The number of fused-ring (bicyclic) bond motifs is 1. The largest absolute Gasteiger partial charge is 0.444 e. The van der Waals surface area contributed by atoms with Crippen molar-refractivity contribution in [1.29, 1.82) is 0 Å². The van der Waals surface area contributed by atoms with E-state index in [2.05, 4.69) is 37.4 Å². The molecule has 1 amide bonds. The second-order valence-corrected chi connectivity index (χ2v) is 15.1. The van der Waals surface area contributed by atoms with Gasteiger partial charge in [-0.15, -0.1) is 11.3 Å². The number of ether oxygens (including phenoxy) is 1. The molecule has 48 heavy (non-hydrogen) atoms. The van der Waals surface area contributed by atoms with E-state index in [1.807, 2.05) is 64.2 Å². The molecular weight excluding hydrogens is 650 g/mol. The van der Waals surface area contributed by atoms with E-state index in [0.717, 1.165) is 32.1 Å². The number of halogens is 1. The number of carbonyl (C=O) groups excluding carboxylic acids is 1. The van der Waals surface area contributed by atoms with Crippen LogP contribution in [0.4, 0.5) is 4.79 Å². The Kier molecular flexibility index (Phi) is 9.45. The van der Waals surface area contributed by atoms with Crippen LogP contribution in [0.5, 0.6) is 0 Å². The smallest absolute Gasteiger partial charge is 0.407 e. The van der Waals surface area contributed by atoms with Crippen LogP contribution in [0.2, 0.25) is 5.02 Å². The highest BCUT2D eigenvalue weighted by Crippen LogP contribution is 2.32. The first-order valence-electron chi connectivity index (χ1n) is 15.9. The van der Waals surface area contributed by atoms with Crippen molar-refractivity contribution in [3.05, 3.63) is 86.5 Å². The molecule has 4 heterocycles. The molecule has 0 bridgehead atoms. The lowest BCUT2D eigenvalue weighted by Gasteiger charge is -2.38. The lowest BCUT2D eigenvalue weighted by Crippen LogP contribution is -2.47. The summed E-state index contributed by atoms with van der Waals surface area (Å²) >= 11 is 8.31. The maximum absolute atomic E-state index is 13.6. The highest BCUT2D eigenvalue weighted by Gasteiger charge is 2.34. The van der Waals surface area contributed by atoms with E-state index in [1.54, 1.807) is 23.1 Å². The maximum atomic E-state index is 13.6. The molecule has 2 aromatic carbocycles. The number of hydrogen-bond acceptors (Lipinski definition) is 9. The zero-order valence-electron chi connectivity index (χ0n) is 27.8. The molecule has 2 N–H and O–H groups in total. The second-order valence-electron chi connectivity index (χ2n) is 13.4. The van der Waals surface area contributed by atoms with Crippen molar-refractivity contribution in [3.8, 4) is 21.7 Å². The fraction of sp³-hybridized carbons (Fsp3) is 0.400. The number of rotatable bonds is 8. The molecule has 1 saturated heterocycles. The molecule has 1 aliphatic rings. The number of aryl methyl sites for hydroxylation is 2. The molecule has 0 spiro atoms. The number of alkyl carbamates (subject to hydrolysis) is 1. The number of hydrogen-bond donors (Lipinski definition) is 2. The third-order valence-corrected chi connectivity index (χ3v) is 9.79. The van der Waals surface area contributed by atoms with E-state index in [9.17, 15) is 14.7 Å². The normalized spacial score (nSPS) is 15.1. The van der Waals surface area contributed by atoms with E-state index in [-0.39, 0.29) is 17.6 Å². The van der Waals surface area contributed by atoms with Gasteiger partial charge in [-0.3, -0.25) is 18.9 Å². The van der Waals surface area contributed by atoms with Crippen LogP contribution in [0.1, 0.15) is 49.7 Å². The fourth-order valence-corrected chi connectivity index (χ4v) is 6.98. The number of nitrogens with zero attached hydrogens (tertiary/aromatic N) is 6. The molecular formula is C35H40ClN7O4S. The number of likely N-dealkylation sites (tertiary alicyclic amines) is 1. The topological polar surface area (TPSA) is 127 Å². The van der Waals surface area contributed by atoms with E-state index < -0.39 is 17.3 Å². The molecule has 6 rings (SSSR count). The number of piperidine rings is 1. The molecule has 11 nitrogen and oxygen atoms in total. The number of carbonyl (C=O) groups is 1. The molecule has 0 atom stereocenters. The number of aliphatic hydroxyl groups is 1. The Balaban J connectivity index is 1.09. The van der Waals surface area contributed by atoms with Gasteiger partial charge in [0.2, 0.25) is 0 Å². The van der Waals surface area contributed by atoms with Gasteiger partial charge in [0.25, 0.3) is 5.56 Å². The minimum Gasteiger partial charge on any atom is -0.444 e. The third kappa shape index (κ3) is 7.62. The predicted octanol–water partition coefficient (Wildman–Crippen LogP) is 5.93. The van der Waals surface area contributed by atoms with Crippen molar-refractivity contribution in [3.63, 3.8) is 0 Å². The molecule has 13 heteroatoms. The summed E-state index contributed by atoms with van der Waals surface area (Å²) in [7, 11) is 1.78. The van der Waals surface area contributed by atoms with Gasteiger partial charge in [-0.2, -0.15) is 5.10 Å². The monoisotopic (exact) mass is 689 g/mol. The molecule has 0 unspecified atom stereocenters. The van der Waals surface area contributed by atoms with Crippen molar-refractivity contribution >= 4 is 40.1 Å². The van der Waals surface area contributed by atoms with Crippen molar-refractivity contribution < 1.29 is 14.6 Å². The summed E-state index contributed by atoms with van der Waals surface area (Å²) in [6.07, 6.45) is 3.92. The standard InChI is InChI=1S/C35H40ClN7O4S/c1-22-37-18-28(48-22)25-10-11-26(27(36)16-25)19-42-14-12-35(46,13-15-42)20-43-21-39-29-30(32(43)44)40-41(5)31(29)24-8-6-23(7-9-24)17-38-33(45)47-34(2,3)4/h6-11,16,18,21,46H,12-15,17,19-20H2,1-5H3,(H,38,45). The molecule has 3 aromatic heterocycles. The van der Waals surface area contributed by atoms with E-state index >= 15 is 0 Å². The lowest BCUT2D eigenvalue weighted by atomic mass is 9.91. The highest BCUT2D eigenvalue weighted by molar-refractivity contribution is 7.15. The maximum Gasteiger partial charge on any atom is 0.407 e. The lowest BCUT2D eigenvalue weighted by molar-refractivity contribution is -0.0364. The number of thiazole rings is 1. The average molecular weight is 690 g/mol. The Morgan fingerprint density at radius 3 is 2.44 bits per heavy atom. The summed E-state index contributed by atoms with van der Waals surface area (Å²) in [6.45, 7) is 9.92. The molecule has 252 valence electrons. The third-order valence-electron chi connectivity index (χ3n) is 8.48. The first-order valence-corrected chi connectivity index (χ1v) is 17.1. The zero-order chi connectivity index (χ0) is 34.2. The summed E-state index contributed by atoms with van der Waals surface area (Å²) in [5.74, 6) is 0. The molecule has 0 saturated carbocycles. The van der Waals surface area contributed by atoms with Crippen molar-refractivity contribution in [1.82, 2.24) is 34.5 Å². The SMILES string of the molecule is Cc1ncc(-c2ccc(CN3CCC(O)(Cn4cnc5c(-c6ccc(CNC(=O)OC(C)(C)C)cc6)n(C)nc5c4=O)CC3)c(Cl)c2)s1. The Morgan fingerprint density at radius 2 is 1.79 bits per heavy atom. The number of nitrogens with one attached hydrogen (secondary N) is 1. The van der Waals surface area contributed by atoms with Crippen LogP contribution in [-0.2, 0) is 31.4 Å². The van der Waals surface area contributed by atoms with Crippen LogP contribution in [0.3, 0.4) is 0 Å². The zero-order valence-corrected chi connectivity index (χ0v) is 29.4. The van der Waals surface area contributed by atoms with Crippen molar-refractivity contribution in [2.45, 2.75) is 71.4 Å². The molecule has 0 aliphatic carbocycles. The minimum absolute atomic E-state index is 0.136. The second kappa shape index (κ2) is 13.4. The number of amides is 1. The highest BCUT2D eigenvalue weighted by atomic mass is 35.5. The first kappa shape index (κ1) is 33.8. The van der Waals surface area contributed by atoms with Crippen molar-refractivity contribution in [2.24, 2.45) is 7.05 Å². The van der Waals surface area contributed by atoms with Crippen LogP contribution < -0.4 is 10.9 Å². The molecule has 1 aliphatic heterocycles. The minimum atomic E-state index is -1.05. The van der Waals surface area contributed by atoms with Gasteiger partial charge in [-0.1, -0.05) is 48.0 Å². The Labute approximate surface area is 288 Å². The molecule has 0 radical (unpaired) electrons. The van der Waals surface area contributed by atoms with Crippen LogP contribution in [0, 0.1) is 6.92 Å². The predicted molar refractivity (Wildman–Crippen MR) is 188 cm³/mol. The van der Waals surface area contributed by atoms with Gasteiger partial charge < -0.3 is 15.2 Å². The van der Waals surface area contributed by atoms with Crippen LogP contribution in [0.25, 0.3) is 32.7 Å². The van der Waals surface area contributed by atoms with Crippen LogP contribution in [0.15, 0.2) is 59.8 Å². The molecule has 1 fully saturated rings. The first-order chi connectivity index (χ1) is 22.8. The summed E-state index contributed by atoms with van der Waals surface area (Å²) in [5.41, 5.74) is 3.37. The van der Waals surface area contributed by atoms with Gasteiger partial charge in [-0.05, 0) is 63.3 Å². The van der Waals surface area contributed by atoms with Crippen LogP contribution >= 0.6 is 22.9 Å². The van der Waals surface area contributed by atoms with Crippen LogP contribution in [-0.4, -0.2) is 64.7 Å². The van der Waals surface area contributed by atoms with Gasteiger partial charge in [-0.25, -0.2) is 14.8 Å². The fourth-order valence-electron chi connectivity index (χ4n) is 5.97. The quantitative estimate of drug-likeness (QED) is 0.205. The summed E-state index contributed by atoms with van der Waals surface area (Å²) in [6, 6.07) is 13.8. The Morgan fingerprint density at radius 1 is 1.08 bits per heavy atom. The van der Waals surface area contributed by atoms with Gasteiger partial charge in [0.05, 0.1) is 34.1 Å². The van der Waals surface area contributed by atoms with Gasteiger partial charge in [0.1, 0.15) is 11.1 Å². The van der Waals surface area contributed by atoms with Crippen molar-refractivity contribution in [2.75, 3.05) is 13.1 Å². The van der Waals surface area contributed by atoms with E-state index in [0.29, 0.717) is 55.3 Å². The van der Waals surface area contributed by atoms with Gasteiger partial charge in [0.15, 0.2) is 5.52 Å². The summed E-state index contributed by atoms with van der Waals surface area (Å²) in [4.78, 5) is 37.9. The van der Waals surface area contributed by atoms with Gasteiger partial charge >= 0.3 is 6.09 Å². The van der Waals surface area contributed by atoms with Gasteiger partial charge in [0, 0.05) is 50.0 Å². The summed E-state index contributed by atoms with van der Waals surface area (Å²) < 4.78 is 8.42. The Hall–Kier alpha value is -4.10. The molecule has 5 aromatic rings. The summed E-state index contributed by atoms with van der Waals surface area (Å²) in [5, 5.41) is 20.5. The number of benzene rings is 2. The number of aromatic nitrogens is 5. The Bertz CT molecular complexity index is 2000. The average Bonchev–Trinajstić information content (AvgIpc) is 3.62. The van der Waals surface area contributed by atoms with E-state index in [4.69, 9.17) is 16.3 Å². The van der Waals surface area contributed by atoms with E-state index in [1.165, 1.54) is 10.9 Å².